The Balaban J connectivity index is 3.05. The highest BCUT2D eigenvalue weighted by Gasteiger charge is 2.15. The molecule has 1 aromatic rings. The molecule has 1 N–H and O–H groups in total. The van der Waals surface area contributed by atoms with Crippen LogP contribution in [0.15, 0.2) is 29.4 Å². The van der Waals surface area contributed by atoms with E-state index < -0.39 is 5.97 Å². The van der Waals surface area contributed by atoms with Gasteiger partial charge in [0.05, 0.1) is 7.11 Å². The van der Waals surface area contributed by atoms with Crippen molar-refractivity contribution >= 4 is 11.7 Å². The SMILES string of the molecule is CO/N=C(/C(=O)OC)c1ccc(O)cc1. The lowest BCUT2D eigenvalue weighted by atomic mass is 10.1. The van der Waals surface area contributed by atoms with Gasteiger partial charge in [-0.05, 0) is 24.3 Å². The molecular formula is C10H11NO4. The van der Waals surface area contributed by atoms with Gasteiger partial charge in [-0.1, -0.05) is 5.16 Å². The molecule has 80 valence electrons. The lowest BCUT2D eigenvalue weighted by molar-refractivity contribution is -0.132. The lowest BCUT2D eigenvalue weighted by Gasteiger charge is -2.03. The first-order chi connectivity index (χ1) is 7.19. The minimum Gasteiger partial charge on any atom is -0.508 e. The van der Waals surface area contributed by atoms with Crippen LogP contribution in [0.1, 0.15) is 5.56 Å². The number of hydrogen-bond acceptors (Lipinski definition) is 5. The number of carbonyl (C=O) groups is 1. The van der Waals surface area contributed by atoms with Crippen LogP contribution < -0.4 is 0 Å². The second kappa shape index (κ2) is 4.99. The number of ether oxygens (including phenoxy) is 1. The first kappa shape index (κ1) is 11.0. The zero-order valence-electron chi connectivity index (χ0n) is 8.43. The minimum absolute atomic E-state index is 0.0556. The highest BCUT2D eigenvalue weighted by Crippen LogP contribution is 2.11. The standard InChI is InChI=1S/C10H11NO4/c1-14-10(13)9(11-15-2)7-3-5-8(12)6-4-7/h3-6,12H,1-2H3/b11-9+. The van der Waals surface area contributed by atoms with Gasteiger partial charge in [0.25, 0.3) is 0 Å². The average molecular weight is 209 g/mol. The Labute approximate surface area is 86.9 Å². The van der Waals surface area contributed by atoms with Crippen LogP contribution in [0.25, 0.3) is 0 Å². The van der Waals surface area contributed by atoms with E-state index in [-0.39, 0.29) is 11.5 Å². The van der Waals surface area contributed by atoms with Gasteiger partial charge in [0.2, 0.25) is 0 Å². The largest absolute Gasteiger partial charge is 0.508 e. The maximum absolute atomic E-state index is 11.3. The van der Waals surface area contributed by atoms with Gasteiger partial charge in [0.1, 0.15) is 12.9 Å². The summed E-state index contributed by atoms with van der Waals surface area (Å²) in [5.74, 6) is -0.483. The maximum atomic E-state index is 11.3. The number of methoxy groups -OCH3 is 1. The van der Waals surface area contributed by atoms with E-state index >= 15 is 0 Å². The van der Waals surface area contributed by atoms with Gasteiger partial charge in [0.15, 0.2) is 5.71 Å². The van der Waals surface area contributed by atoms with Gasteiger partial charge in [-0.25, -0.2) is 4.79 Å². The highest BCUT2D eigenvalue weighted by molar-refractivity contribution is 6.43. The van der Waals surface area contributed by atoms with E-state index in [1.165, 1.54) is 26.4 Å². The monoisotopic (exact) mass is 209 g/mol. The number of nitrogens with zero attached hydrogens (tertiary/aromatic N) is 1. The highest BCUT2D eigenvalue weighted by atomic mass is 16.6. The van der Waals surface area contributed by atoms with Gasteiger partial charge in [-0.2, -0.15) is 0 Å². The van der Waals surface area contributed by atoms with E-state index in [9.17, 15) is 4.79 Å². The van der Waals surface area contributed by atoms with Crippen LogP contribution in [-0.4, -0.2) is 31.0 Å². The second-order valence-corrected chi connectivity index (χ2v) is 2.66. The molecule has 0 aliphatic carbocycles. The predicted molar refractivity (Wildman–Crippen MR) is 53.7 cm³/mol. The molecular weight excluding hydrogens is 198 g/mol. The van der Waals surface area contributed by atoms with Gasteiger partial charge < -0.3 is 14.7 Å². The number of oxime groups is 1. The van der Waals surface area contributed by atoms with Gasteiger partial charge in [-0.3, -0.25) is 0 Å². The summed E-state index contributed by atoms with van der Waals surface area (Å²) in [5, 5.41) is 12.6. The van der Waals surface area contributed by atoms with Crippen molar-refractivity contribution in [2.24, 2.45) is 5.16 Å². The molecule has 0 spiro atoms. The van der Waals surface area contributed by atoms with Gasteiger partial charge in [0, 0.05) is 5.56 Å². The number of rotatable bonds is 3. The van der Waals surface area contributed by atoms with Crippen molar-refractivity contribution < 1.29 is 19.5 Å². The van der Waals surface area contributed by atoms with Crippen molar-refractivity contribution in [3.8, 4) is 5.75 Å². The fourth-order valence-electron chi connectivity index (χ4n) is 1.02. The Morgan fingerprint density at radius 1 is 1.27 bits per heavy atom. The van der Waals surface area contributed by atoms with Crippen molar-refractivity contribution in [1.82, 2.24) is 0 Å². The van der Waals surface area contributed by atoms with Gasteiger partial charge >= 0.3 is 5.97 Å². The minimum atomic E-state index is -0.595. The molecule has 0 heterocycles. The molecule has 1 rings (SSSR count). The third-order valence-electron chi connectivity index (χ3n) is 1.70. The molecule has 0 bridgehead atoms. The summed E-state index contributed by atoms with van der Waals surface area (Å²) in [6, 6.07) is 5.99. The molecule has 0 aliphatic heterocycles. The molecule has 0 radical (unpaired) electrons. The summed E-state index contributed by atoms with van der Waals surface area (Å²) in [6.45, 7) is 0. The number of phenolic OH excluding ortho intramolecular Hbond substituents is 1. The summed E-state index contributed by atoms with van der Waals surface area (Å²) >= 11 is 0. The molecule has 0 aromatic heterocycles. The van der Waals surface area contributed by atoms with Crippen LogP contribution in [0.2, 0.25) is 0 Å². The van der Waals surface area contributed by atoms with Crippen molar-refractivity contribution in [3.05, 3.63) is 29.8 Å². The summed E-state index contributed by atoms with van der Waals surface area (Å²) < 4.78 is 4.54. The molecule has 0 amide bonds. The predicted octanol–water partition coefficient (Wildman–Crippen LogP) is 0.916. The van der Waals surface area contributed by atoms with Crippen LogP contribution in [0.5, 0.6) is 5.75 Å². The summed E-state index contributed by atoms with van der Waals surface area (Å²) in [4.78, 5) is 15.8. The topological polar surface area (TPSA) is 68.1 Å². The van der Waals surface area contributed by atoms with Crippen molar-refractivity contribution in [2.45, 2.75) is 0 Å². The van der Waals surface area contributed by atoms with Crippen LogP contribution in [0.4, 0.5) is 0 Å². The molecule has 5 nitrogen and oxygen atoms in total. The van der Waals surface area contributed by atoms with Crippen LogP contribution >= 0.6 is 0 Å². The van der Waals surface area contributed by atoms with E-state index in [0.29, 0.717) is 5.56 Å². The summed E-state index contributed by atoms with van der Waals surface area (Å²) in [5.41, 5.74) is 0.571. The first-order valence-corrected chi connectivity index (χ1v) is 4.18. The normalized spacial score (nSPS) is 10.9. The average Bonchev–Trinajstić information content (AvgIpc) is 2.26. The Morgan fingerprint density at radius 3 is 2.33 bits per heavy atom. The zero-order chi connectivity index (χ0) is 11.3. The molecule has 0 fully saturated rings. The number of aromatic hydroxyl groups is 1. The Kier molecular flexibility index (Phi) is 3.68. The summed E-state index contributed by atoms with van der Waals surface area (Å²) in [6.07, 6.45) is 0. The fraction of sp³-hybridized carbons (Fsp3) is 0.200. The van der Waals surface area contributed by atoms with Crippen LogP contribution in [-0.2, 0) is 14.4 Å². The van der Waals surface area contributed by atoms with Crippen molar-refractivity contribution in [2.75, 3.05) is 14.2 Å². The molecule has 0 saturated carbocycles. The van der Waals surface area contributed by atoms with E-state index in [4.69, 9.17) is 5.11 Å². The summed E-state index contributed by atoms with van der Waals surface area (Å²) in [7, 11) is 2.59. The van der Waals surface area contributed by atoms with Gasteiger partial charge in [-0.15, -0.1) is 0 Å². The fourth-order valence-corrected chi connectivity index (χ4v) is 1.02. The number of phenols is 1. The number of carbonyl (C=O) groups excluding carboxylic acids is 1. The van der Waals surface area contributed by atoms with E-state index in [0.717, 1.165) is 0 Å². The molecule has 0 aliphatic rings. The van der Waals surface area contributed by atoms with Crippen molar-refractivity contribution in [1.29, 1.82) is 0 Å². The molecule has 0 unspecified atom stereocenters. The molecule has 0 atom stereocenters. The molecule has 15 heavy (non-hydrogen) atoms. The Hall–Kier alpha value is -2.04. The van der Waals surface area contributed by atoms with E-state index in [2.05, 4.69) is 14.7 Å². The second-order valence-electron chi connectivity index (χ2n) is 2.66. The zero-order valence-corrected chi connectivity index (χ0v) is 8.43. The first-order valence-electron chi connectivity index (χ1n) is 4.18. The smallest absolute Gasteiger partial charge is 0.360 e. The molecule has 1 aromatic carbocycles. The molecule has 5 heteroatoms. The third-order valence-corrected chi connectivity index (χ3v) is 1.70. The van der Waals surface area contributed by atoms with E-state index in [1.807, 2.05) is 0 Å². The number of hydrogen-bond donors (Lipinski definition) is 1. The quantitative estimate of drug-likeness (QED) is 0.456. The number of benzene rings is 1. The lowest BCUT2D eigenvalue weighted by Crippen LogP contribution is -2.17. The maximum Gasteiger partial charge on any atom is 0.360 e. The van der Waals surface area contributed by atoms with Crippen LogP contribution in [0.3, 0.4) is 0 Å². The van der Waals surface area contributed by atoms with Crippen LogP contribution in [0, 0.1) is 0 Å². The molecule has 0 saturated heterocycles. The number of esters is 1. The Morgan fingerprint density at radius 2 is 1.87 bits per heavy atom. The van der Waals surface area contributed by atoms with Crippen molar-refractivity contribution in [3.63, 3.8) is 0 Å². The van der Waals surface area contributed by atoms with E-state index in [1.54, 1.807) is 12.1 Å². The Bertz CT molecular complexity index is 370. The third kappa shape index (κ3) is 2.70.